The lowest BCUT2D eigenvalue weighted by Gasteiger charge is -2.12. The lowest BCUT2D eigenvalue weighted by molar-refractivity contribution is 1.18. The Labute approximate surface area is 234 Å². The number of imidazole rings is 1. The molecule has 10 rings (SSSR count). The first-order valence-corrected chi connectivity index (χ1v) is 13.9. The summed E-state index contributed by atoms with van der Waals surface area (Å²) in [5.41, 5.74) is 12.7. The molecule has 0 radical (unpaired) electrons. The highest BCUT2D eigenvalue weighted by Crippen LogP contribution is 2.49. The van der Waals surface area contributed by atoms with Crippen LogP contribution in [-0.4, -0.2) is 23.9 Å². The average molecular weight is 524 g/mol. The van der Waals surface area contributed by atoms with Gasteiger partial charge in [0.25, 0.3) is 0 Å². The molecule has 41 heavy (non-hydrogen) atoms. The van der Waals surface area contributed by atoms with E-state index in [9.17, 15) is 0 Å². The average Bonchev–Trinajstić information content (AvgIpc) is 3.71. The van der Waals surface area contributed by atoms with Gasteiger partial charge >= 0.3 is 0 Å². The third-order valence-corrected chi connectivity index (χ3v) is 8.86. The molecule has 0 fully saturated rings. The van der Waals surface area contributed by atoms with Crippen molar-refractivity contribution in [3.63, 3.8) is 0 Å². The number of aromatic nitrogens is 5. The van der Waals surface area contributed by atoms with Crippen molar-refractivity contribution in [1.82, 2.24) is 23.9 Å². The third kappa shape index (κ3) is 2.63. The smallest absolute Gasteiger partial charge is 0.147 e. The molecule has 0 bridgehead atoms. The summed E-state index contributed by atoms with van der Waals surface area (Å²) in [7, 11) is 0. The fourth-order valence-corrected chi connectivity index (χ4v) is 7.24. The molecule has 1 aliphatic rings. The summed E-state index contributed by atoms with van der Waals surface area (Å²) in [5.74, 6) is 0. The predicted molar refractivity (Wildman–Crippen MR) is 166 cm³/mol. The van der Waals surface area contributed by atoms with Crippen molar-refractivity contribution in [3.8, 4) is 16.8 Å². The molecule has 9 aromatic rings. The fraction of sp³-hybridized carbons (Fsp3) is 0.0278. The SMILES string of the molecule is c1ccc(-n2c3ccccc3c3c4c(ccc32)Cc2c-4ccc3c4cccnc4n4c5cnccc5nc4c23)cc1. The highest BCUT2D eigenvalue weighted by molar-refractivity contribution is 6.21. The van der Waals surface area contributed by atoms with E-state index in [2.05, 4.69) is 98.9 Å². The molecule has 5 heterocycles. The standard InChI is InChI=1S/C36H21N5/c1-2-7-22(8-3-1)40-29-11-5-4-9-26(29)34-30(40)15-12-21-19-27-24(32(21)34)14-13-23-25-10-6-17-38-35(25)41-31-20-37-18-16-28(31)39-36(41)33(23)27/h1-18,20H,19H2. The summed E-state index contributed by atoms with van der Waals surface area (Å²) in [5, 5.41) is 6.12. The Kier molecular flexibility index (Phi) is 3.92. The molecule has 4 aromatic carbocycles. The van der Waals surface area contributed by atoms with E-state index in [4.69, 9.17) is 9.97 Å². The van der Waals surface area contributed by atoms with Gasteiger partial charge in [0, 0.05) is 39.6 Å². The summed E-state index contributed by atoms with van der Waals surface area (Å²) >= 11 is 0. The molecule has 0 saturated carbocycles. The first-order chi connectivity index (χ1) is 20.4. The number of pyridine rings is 3. The third-order valence-electron chi connectivity index (χ3n) is 8.86. The van der Waals surface area contributed by atoms with Crippen molar-refractivity contribution in [2.45, 2.75) is 6.42 Å². The molecule has 0 saturated heterocycles. The Morgan fingerprint density at radius 3 is 2.44 bits per heavy atom. The van der Waals surface area contributed by atoms with Gasteiger partial charge in [0.2, 0.25) is 0 Å². The summed E-state index contributed by atoms with van der Waals surface area (Å²) in [6.45, 7) is 0. The first-order valence-electron chi connectivity index (χ1n) is 13.9. The fourth-order valence-electron chi connectivity index (χ4n) is 7.24. The van der Waals surface area contributed by atoms with Crippen molar-refractivity contribution in [1.29, 1.82) is 0 Å². The second-order valence-corrected chi connectivity index (χ2v) is 10.9. The molecular formula is C36H21N5. The minimum atomic E-state index is 0.867. The van der Waals surface area contributed by atoms with E-state index < -0.39 is 0 Å². The maximum absolute atomic E-state index is 5.17. The first kappa shape index (κ1) is 21.3. The number of para-hydroxylation sites is 2. The van der Waals surface area contributed by atoms with Crippen LogP contribution in [-0.2, 0) is 6.42 Å². The van der Waals surface area contributed by atoms with E-state index in [1.54, 1.807) is 0 Å². The van der Waals surface area contributed by atoms with Crippen molar-refractivity contribution < 1.29 is 0 Å². The van der Waals surface area contributed by atoms with Gasteiger partial charge in [0.05, 0.1) is 28.3 Å². The molecule has 0 unspecified atom stereocenters. The zero-order valence-corrected chi connectivity index (χ0v) is 21.9. The van der Waals surface area contributed by atoms with Gasteiger partial charge in [-0.05, 0) is 76.5 Å². The Morgan fingerprint density at radius 2 is 1.49 bits per heavy atom. The zero-order chi connectivity index (χ0) is 26.7. The van der Waals surface area contributed by atoms with Crippen LogP contribution < -0.4 is 0 Å². The summed E-state index contributed by atoms with van der Waals surface area (Å²) in [6.07, 6.45) is 6.44. The monoisotopic (exact) mass is 523 g/mol. The highest BCUT2D eigenvalue weighted by atomic mass is 15.1. The second-order valence-electron chi connectivity index (χ2n) is 10.9. The highest BCUT2D eigenvalue weighted by Gasteiger charge is 2.28. The molecule has 0 spiro atoms. The van der Waals surface area contributed by atoms with Gasteiger partial charge in [-0.1, -0.05) is 54.6 Å². The number of benzene rings is 4. The molecule has 190 valence electrons. The van der Waals surface area contributed by atoms with Gasteiger partial charge in [-0.25, -0.2) is 9.97 Å². The van der Waals surface area contributed by atoms with E-state index in [1.807, 2.05) is 30.7 Å². The molecular weight excluding hydrogens is 502 g/mol. The van der Waals surface area contributed by atoms with Crippen LogP contribution in [0.15, 0.2) is 116 Å². The largest absolute Gasteiger partial charge is 0.309 e. The second kappa shape index (κ2) is 7.55. The maximum Gasteiger partial charge on any atom is 0.147 e. The Morgan fingerprint density at radius 1 is 0.610 bits per heavy atom. The van der Waals surface area contributed by atoms with E-state index in [0.29, 0.717) is 0 Å². The lowest BCUT2D eigenvalue weighted by atomic mass is 9.96. The van der Waals surface area contributed by atoms with Gasteiger partial charge in [-0.2, -0.15) is 0 Å². The van der Waals surface area contributed by atoms with E-state index in [-0.39, 0.29) is 0 Å². The summed E-state index contributed by atoms with van der Waals surface area (Å²) in [4.78, 5) is 14.4. The molecule has 0 amide bonds. The van der Waals surface area contributed by atoms with Crippen LogP contribution in [0.2, 0.25) is 0 Å². The van der Waals surface area contributed by atoms with Crippen LogP contribution in [0, 0.1) is 0 Å². The van der Waals surface area contributed by atoms with Crippen molar-refractivity contribution in [3.05, 3.63) is 127 Å². The normalized spacial score (nSPS) is 12.8. The number of hydrogen-bond donors (Lipinski definition) is 0. The minimum absolute atomic E-state index is 0.867. The Hall–Kier alpha value is -5.55. The van der Waals surface area contributed by atoms with E-state index in [1.165, 1.54) is 60.5 Å². The van der Waals surface area contributed by atoms with Crippen LogP contribution in [0.4, 0.5) is 0 Å². The number of hydrogen-bond acceptors (Lipinski definition) is 3. The number of nitrogens with zero attached hydrogens (tertiary/aromatic N) is 5. The summed E-state index contributed by atoms with van der Waals surface area (Å²) < 4.78 is 4.59. The van der Waals surface area contributed by atoms with Crippen LogP contribution in [0.1, 0.15) is 11.1 Å². The lowest BCUT2D eigenvalue weighted by Crippen LogP contribution is -1.96. The molecule has 1 aliphatic carbocycles. The number of fused-ring (bicyclic) bond motifs is 16. The van der Waals surface area contributed by atoms with Crippen molar-refractivity contribution in [2.24, 2.45) is 0 Å². The Balaban J connectivity index is 1.38. The molecule has 0 N–H and O–H groups in total. The molecule has 0 aliphatic heterocycles. The summed E-state index contributed by atoms with van der Waals surface area (Å²) in [6, 6.07) is 34.9. The van der Waals surface area contributed by atoms with Gasteiger partial charge < -0.3 is 4.57 Å². The van der Waals surface area contributed by atoms with Crippen molar-refractivity contribution >= 4 is 60.3 Å². The van der Waals surface area contributed by atoms with Crippen LogP contribution in [0.25, 0.3) is 77.1 Å². The van der Waals surface area contributed by atoms with Crippen LogP contribution in [0.5, 0.6) is 0 Å². The molecule has 5 heteroatoms. The maximum atomic E-state index is 5.17. The van der Waals surface area contributed by atoms with Gasteiger partial charge in [-0.3, -0.25) is 9.38 Å². The van der Waals surface area contributed by atoms with Crippen molar-refractivity contribution in [2.75, 3.05) is 0 Å². The minimum Gasteiger partial charge on any atom is -0.309 e. The van der Waals surface area contributed by atoms with Gasteiger partial charge in [0.15, 0.2) is 0 Å². The van der Waals surface area contributed by atoms with E-state index in [0.717, 1.165) is 34.1 Å². The quantitative estimate of drug-likeness (QED) is 0.204. The van der Waals surface area contributed by atoms with Gasteiger partial charge in [-0.15, -0.1) is 0 Å². The molecule has 5 nitrogen and oxygen atoms in total. The van der Waals surface area contributed by atoms with Crippen LogP contribution in [0.3, 0.4) is 0 Å². The Bertz CT molecular complexity index is 2550. The van der Waals surface area contributed by atoms with Crippen LogP contribution >= 0.6 is 0 Å². The topological polar surface area (TPSA) is 48.0 Å². The predicted octanol–water partition coefficient (Wildman–Crippen LogP) is 8.25. The van der Waals surface area contributed by atoms with Gasteiger partial charge in [0.1, 0.15) is 11.3 Å². The molecule has 0 atom stereocenters. The number of rotatable bonds is 1. The molecule has 5 aromatic heterocycles. The van der Waals surface area contributed by atoms with E-state index >= 15 is 0 Å². The zero-order valence-electron chi connectivity index (χ0n) is 21.9.